The minimum atomic E-state index is 0.729. The van der Waals surface area contributed by atoms with Gasteiger partial charge >= 0.3 is 0 Å². The van der Waals surface area contributed by atoms with Crippen LogP contribution in [-0.2, 0) is 0 Å². The molecule has 6 aromatic carbocycles. The second-order valence-electron chi connectivity index (χ2n) is 11.2. The molecule has 0 saturated heterocycles. The van der Waals surface area contributed by atoms with Gasteiger partial charge < -0.3 is 0 Å². The van der Waals surface area contributed by atoms with Crippen LogP contribution < -0.4 is 0 Å². The first-order chi connectivity index (χ1) is 22.3. The Balaban J connectivity index is 1.18. The highest BCUT2D eigenvalue weighted by Crippen LogP contribution is 2.40. The first-order valence-electron chi connectivity index (χ1n) is 15.0. The van der Waals surface area contributed by atoms with E-state index in [4.69, 9.17) is 9.97 Å². The Bertz CT molecular complexity index is 2520. The lowest BCUT2D eigenvalue weighted by atomic mass is 9.95. The number of nitrogens with zero attached hydrogens (tertiary/aromatic N) is 3. The van der Waals surface area contributed by atoms with E-state index in [1.807, 2.05) is 18.3 Å². The molecule has 3 nitrogen and oxygen atoms in total. The summed E-state index contributed by atoms with van der Waals surface area (Å²) in [7, 11) is 0. The molecule has 3 aromatic heterocycles. The minimum absolute atomic E-state index is 0.729. The molecule has 0 amide bonds. The molecule has 0 fully saturated rings. The van der Waals surface area contributed by atoms with Gasteiger partial charge in [-0.25, -0.2) is 9.97 Å². The third-order valence-corrected chi connectivity index (χ3v) is 9.72. The average Bonchev–Trinajstić information content (AvgIpc) is 3.50. The van der Waals surface area contributed by atoms with Crippen LogP contribution in [0, 0.1) is 0 Å². The number of fused-ring (bicyclic) bond motifs is 6. The van der Waals surface area contributed by atoms with E-state index in [9.17, 15) is 0 Å². The summed E-state index contributed by atoms with van der Waals surface area (Å²) in [5, 5.41) is 4.66. The van der Waals surface area contributed by atoms with E-state index < -0.39 is 0 Å². The zero-order valence-corrected chi connectivity index (χ0v) is 25.0. The van der Waals surface area contributed by atoms with E-state index in [0.29, 0.717) is 0 Å². The maximum atomic E-state index is 5.22. The maximum Gasteiger partial charge on any atom is 0.160 e. The van der Waals surface area contributed by atoms with Gasteiger partial charge in [0.15, 0.2) is 5.82 Å². The molecule has 9 aromatic rings. The number of hydrogen-bond donors (Lipinski definition) is 0. The molecule has 0 spiro atoms. The molecule has 45 heavy (non-hydrogen) atoms. The number of thiophene rings is 1. The van der Waals surface area contributed by atoms with Crippen LogP contribution in [0.3, 0.4) is 0 Å². The van der Waals surface area contributed by atoms with Gasteiger partial charge in [0.25, 0.3) is 0 Å². The Kier molecular flexibility index (Phi) is 6.00. The van der Waals surface area contributed by atoms with E-state index in [1.54, 1.807) is 11.3 Å². The van der Waals surface area contributed by atoms with Crippen molar-refractivity contribution in [3.63, 3.8) is 0 Å². The van der Waals surface area contributed by atoms with Crippen molar-refractivity contribution in [2.75, 3.05) is 0 Å². The first-order valence-corrected chi connectivity index (χ1v) is 15.8. The maximum absolute atomic E-state index is 5.22. The molecule has 0 saturated carbocycles. The molecule has 0 unspecified atom stereocenters. The number of pyridine rings is 1. The summed E-state index contributed by atoms with van der Waals surface area (Å²) in [5.74, 6) is 0.729. The molecular weight excluding hydrogens is 567 g/mol. The van der Waals surface area contributed by atoms with Crippen molar-refractivity contribution in [1.82, 2.24) is 15.0 Å². The Morgan fingerprint density at radius 1 is 0.444 bits per heavy atom. The van der Waals surface area contributed by atoms with E-state index in [-0.39, 0.29) is 0 Å². The highest BCUT2D eigenvalue weighted by atomic mass is 32.1. The topological polar surface area (TPSA) is 38.7 Å². The highest BCUT2D eigenvalue weighted by molar-refractivity contribution is 7.26. The van der Waals surface area contributed by atoms with Crippen molar-refractivity contribution in [2.45, 2.75) is 0 Å². The van der Waals surface area contributed by atoms with Crippen LogP contribution in [0.25, 0.3) is 86.9 Å². The monoisotopic (exact) mass is 591 g/mol. The van der Waals surface area contributed by atoms with Crippen molar-refractivity contribution in [1.29, 1.82) is 0 Å². The lowest BCUT2D eigenvalue weighted by Crippen LogP contribution is -1.94. The lowest BCUT2D eigenvalue weighted by molar-refractivity contribution is 1.24. The lowest BCUT2D eigenvalue weighted by Gasteiger charge is -2.11. The Labute approximate surface area is 264 Å². The predicted octanol–water partition coefficient (Wildman–Crippen LogP) is 11.2. The minimum Gasteiger partial charge on any atom is -0.256 e. The van der Waals surface area contributed by atoms with Crippen molar-refractivity contribution >= 4 is 53.3 Å². The molecule has 0 radical (unpaired) electrons. The van der Waals surface area contributed by atoms with E-state index in [2.05, 4.69) is 138 Å². The first kappa shape index (κ1) is 25.8. The SMILES string of the molecule is c1ccc(-c2ccc(-c3nc(-c4ccc(-c5cc6cccnc6c6ccccc56)cc4)nc4c3sc3ccccc34)cc2)cc1. The molecule has 9 rings (SSSR count). The zero-order chi connectivity index (χ0) is 29.7. The van der Waals surface area contributed by atoms with Gasteiger partial charge in [0.2, 0.25) is 0 Å². The van der Waals surface area contributed by atoms with Crippen molar-refractivity contribution in [2.24, 2.45) is 0 Å². The largest absolute Gasteiger partial charge is 0.256 e. The summed E-state index contributed by atoms with van der Waals surface area (Å²) in [4.78, 5) is 15.1. The standard InChI is InChI=1S/C41H25N3S/c1-2-9-26(10-3-1)27-16-20-29(21-17-27)38-40-39(34-14-6-7-15-36(34)45-40)44-41(43-38)30-22-18-28(19-23-30)35-25-31-11-8-24-42-37(31)33-13-5-4-12-32(33)35/h1-25H. The van der Waals surface area contributed by atoms with Crippen LogP contribution >= 0.6 is 11.3 Å². The van der Waals surface area contributed by atoms with E-state index in [0.717, 1.165) is 60.1 Å². The van der Waals surface area contributed by atoms with Gasteiger partial charge in [-0.1, -0.05) is 127 Å². The smallest absolute Gasteiger partial charge is 0.160 e. The van der Waals surface area contributed by atoms with Crippen LogP contribution in [0.5, 0.6) is 0 Å². The van der Waals surface area contributed by atoms with Crippen LogP contribution in [0.2, 0.25) is 0 Å². The molecule has 3 heterocycles. The van der Waals surface area contributed by atoms with Gasteiger partial charge in [-0.3, -0.25) is 4.98 Å². The quantitative estimate of drug-likeness (QED) is 0.191. The highest BCUT2D eigenvalue weighted by Gasteiger charge is 2.17. The van der Waals surface area contributed by atoms with Gasteiger partial charge in [-0.2, -0.15) is 0 Å². The zero-order valence-electron chi connectivity index (χ0n) is 24.2. The summed E-state index contributed by atoms with van der Waals surface area (Å²) < 4.78 is 2.33. The molecule has 4 heteroatoms. The summed E-state index contributed by atoms with van der Waals surface area (Å²) in [6, 6.07) is 51.3. The van der Waals surface area contributed by atoms with E-state index >= 15 is 0 Å². The van der Waals surface area contributed by atoms with Crippen LogP contribution in [0.1, 0.15) is 0 Å². The van der Waals surface area contributed by atoms with Gasteiger partial charge in [0.05, 0.1) is 21.4 Å². The molecule has 0 atom stereocenters. The fourth-order valence-electron chi connectivity index (χ4n) is 6.32. The van der Waals surface area contributed by atoms with E-state index in [1.165, 1.54) is 26.8 Å². The van der Waals surface area contributed by atoms with Crippen LogP contribution in [0.15, 0.2) is 152 Å². The second kappa shape index (κ2) is 10.5. The predicted molar refractivity (Wildman–Crippen MR) is 189 cm³/mol. The van der Waals surface area contributed by atoms with Crippen molar-refractivity contribution < 1.29 is 0 Å². The third kappa shape index (κ3) is 4.38. The van der Waals surface area contributed by atoms with Gasteiger partial charge in [0.1, 0.15) is 0 Å². The van der Waals surface area contributed by atoms with Gasteiger partial charge in [-0.15, -0.1) is 11.3 Å². The molecular formula is C41H25N3S. The molecule has 210 valence electrons. The number of hydrogen-bond acceptors (Lipinski definition) is 4. The third-order valence-electron chi connectivity index (χ3n) is 8.55. The summed E-state index contributed by atoms with van der Waals surface area (Å²) in [5.41, 5.74) is 9.81. The molecule has 0 aliphatic carbocycles. The number of benzene rings is 6. The Morgan fingerprint density at radius 2 is 1.09 bits per heavy atom. The van der Waals surface area contributed by atoms with Crippen molar-refractivity contribution in [3.05, 3.63) is 152 Å². The van der Waals surface area contributed by atoms with Crippen LogP contribution in [-0.4, -0.2) is 15.0 Å². The summed E-state index contributed by atoms with van der Waals surface area (Å²) >= 11 is 1.76. The van der Waals surface area contributed by atoms with Crippen molar-refractivity contribution in [3.8, 4) is 44.9 Å². The Morgan fingerprint density at radius 3 is 1.91 bits per heavy atom. The Hall–Kier alpha value is -5.71. The van der Waals surface area contributed by atoms with Crippen LogP contribution in [0.4, 0.5) is 0 Å². The number of aromatic nitrogens is 3. The number of rotatable bonds is 4. The molecule has 0 bridgehead atoms. The second-order valence-corrected chi connectivity index (χ2v) is 12.3. The molecule has 0 aliphatic heterocycles. The fourth-order valence-corrected chi connectivity index (χ4v) is 7.48. The van der Waals surface area contributed by atoms with Gasteiger partial charge in [0, 0.05) is 38.2 Å². The summed E-state index contributed by atoms with van der Waals surface area (Å²) in [6.07, 6.45) is 1.86. The fraction of sp³-hybridized carbons (Fsp3) is 0. The average molecular weight is 592 g/mol. The molecule has 0 N–H and O–H groups in total. The molecule has 0 aliphatic rings. The normalized spacial score (nSPS) is 11.6. The summed E-state index contributed by atoms with van der Waals surface area (Å²) in [6.45, 7) is 0. The van der Waals surface area contributed by atoms with Gasteiger partial charge in [-0.05, 0) is 45.8 Å².